The number of benzene rings is 1. The van der Waals surface area contributed by atoms with Gasteiger partial charge in [0.15, 0.2) is 0 Å². The summed E-state index contributed by atoms with van der Waals surface area (Å²) in [4.78, 5) is 2.29. The van der Waals surface area contributed by atoms with Gasteiger partial charge in [-0.2, -0.15) is 0 Å². The van der Waals surface area contributed by atoms with E-state index in [-0.39, 0.29) is 0 Å². The molecular weight excluding hydrogens is 216 g/mol. The maximum atomic E-state index is 9.81. The lowest BCUT2D eigenvalue weighted by molar-refractivity contribution is 0.122. The van der Waals surface area contributed by atoms with E-state index >= 15 is 0 Å². The largest absolute Gasteiger partial charge is 0.388 e. The average Bonchev–Trinajstić information content (AvgIpc) is 2.40. The van der Waals surface area contributed by atoms with Gasteiger partial charge < -0.3 is 20.5 Å². The van der Waals surface area contributed by atoms with E-state index in [0.29, 0.717) is 13.0 Å². The first-order valence-electron chi connectivity index (χ1n) is 6.12. The van der Waals surface area contributed by atoms with Crippen LogP contribution in [-0.2, 0) is 4.74 Å². The van der Waals surface area contributed by atoms with Crippen molar-refractivity contribution >= 4 is 5.69 Å². The van der Waals surface area contributed by atoms with Crippen LogP contribution >= 0.6 is 0 Å². The van der Waals surface area contributed by atoms with E-state index < -0.39 is 6.10 Å². The fourth-order valence-electron chi connectivity index (χ4n) is 2.05. The molecule has 0 saturated carbocycles. The van der Waals surface area contributed by atoms with Gasteiger partial charge in [-0.05, 0) is 30.7 Å². The van der Waals surface area contributed by atoms with E-state index in [0.717, 1.165) is 31.9 Å². The standard InChI is InChI=1S/C13H20N2O2/c14-6-5-13(16)11-1-3-12(4-2-11)15-7-9-17-10-8-15/h1-4,13,16H,5-10,14H2/t13-/m1/s1. The van der Waals surface area contributed by atoms with Crippen molar-refractivity contribution in [3.8, 4) is 0 Å². The summed E-state index contributed by atoms with van der Waals surface area (Å²) in [5.74, 6) is 0. The SMILES string of the molecule is NCC[C@@H](O)c1ccc(N2CCOCC2)cc1. The summed E-state index contributed by atoms with van der Waals surface area (Å²) in [6.45, 7) is 3.96. The van der Waals surface area contributed by atoms with Gasteiger partial charge >= 0.3 is 0 Å². The molecule has 17 heavy (non-hydrogen) atoms. The minimum Gasteiger partial charge on any atom is -0.388 e. The fourth-order valence-corrected chi connectivity index (χ4v) is 2.05. The molecule has 1 atom stereocenters. The first-order valence-corrected chi connectivity index (χ1v) is 6.12. The Kier molecular flexibility index (Phi) is 4.36. The average molecular weight is 236 g/mol. The predicted molar refractivity (Wildman–Crippen MR) is 68.1 cm³/mol. The zero-order valence-electron chi connectivity index (χ0n) is 10.0. The Morgan fingerprint density at radius 1 is 1.24 bits per heavy atom. The summed E-state index contributed by atoms with van der Waals surface area (Å²) in [7, 11) is 0. The molecule has 0 radical (unpaired) electrons. The number of anilines is 1. The molecule has 1 aliphatic rings. The Morgan fingerprint density at radius 3 is 2.47 bits per heavy atom. The van der Waals surface area contributed by atoms with E-state index in [2.05, 4.69) is 17.0 Å². The van der Waals surface area contributed by atoms with Crippen LogP contribution in [0, 0.1) is 0 Å². The number of hydrogen-bond donors (Lipinski definition) is 2. The molecule has 1 aliphatic heterocycles. The second-order valence-electron chi connectivity index (χ2n) is 4.28. The minimum absolute atomic E-state index is 0.446. The second kappa shape index (κ2) is 6.00. The molecule has 1 aromatic carbocycles. The number of morpholine rings is 1. The van der Waals surface area contributed by atoms with E-state index in [1.807, 2.05) is 12.1 Å². The van der Waals surface area contributed by atoms with Gasteiger partial charge in [-0.3, -0.25) is 0 Å². The summed E-state index contributed by atoms with van der Waals surface area (Å²) >= 11 is 0. The highest BCUT2D eigenvalue weighted by molar-refractivity contribution is 5.48. The topological polar surface area (TPSA) is 58.7 Å². The van der Waals surface area contributed by atoms with Crippen LogP contribution < -0.4 is 10.6 Å². The molecule has 4 nitrogen and oxygen atoms in total. The second-order valence-corrected chi connectivity index (χ2v) is 4.28. The van der Waals surface area contributed by atoms with Crippen molar-refractivity contribution in [2.24, 2.45) is 5.73 Å². The molecule has 2 rings (SSSR count). The zero-order chi connectivity index (χ0) is 12.1. The highest BCUT2D eigenvalue weighted by Gasteiger charge is 2.12. The van der Waals surface area contributed by atoms with Gasteiger partial charge in [0.1, 0.15) is 0 Å². The van der Waals surface area contributed by atoms with Crippen molar-refractivity contribution in [3.63, 3.8) is 0 Å². The van der Waals surface area contributed by atoms with E-state index in [1.165, 1.54) is 5.69 Å². The summed E-state index contributed by atoms with van der Waals surface area (Å²) in [5.41, 5.74) is 7.56. The van der Waals surface area contributed by atoms with Crippen molar-refractivity contribution in [2.75, 3.05) is 37.7 Å². The summed E-state index contributed by atoms with van der Waals surface area (Å²) in [6.07, 6.45) is 0.162. The van der Waals surface area contributed by atoms with E-state index in [9.17, 15) is 5.11 Å². The maximum Gasteiger partial charge on any atom is 0.0802 e. The molecule has 1 fully saturated rings. The van der Waals surface area contributed by atoms with Crippen molar-refractivity contribution in [2.45, 2.75) is 12.5 Å². The molecule has 1 aromatic rings. The number of nitrogens with two attached hydrogens (primary N) is 1. The lowest BCUT2D eigenvalue weighted by Gasteiger charge is -2.29. The van der Waals surface area contributed by atoms with Crippen LogP contribution in [-0.4, -0.2) is 38.0 Å². The van der Waals surface area contributed by atoms with Crippen LogP contribution in [0.2, 0.25) is 0 Å². The Balaban J connectivity index is 2.01. The third-order valence-corrected chi connectivity index (χ3v) is 3.09. The van der Waals surface area contributed by atoms with Gasteiger partial charge in [-0.25, -0.2) is 0 Å². The number of ether oxygens (including phenoxy) is 1. The van der Waals surface area contributed by atoms with Gasteiger partial charge in [-0.15, -0.1) is 0 Å². The summed E-state index contributed by atoms with van der Waals surface area (Å²) < 4.78 is 5.32. The lowest BCUT2D eigenvalue weighted by Crippen LogP contribution is -2.36. The molecule has 0 bridgehead atoms. The van der Waals surface area contributed by atoms with E-state index in [4.69, 9.17) is 10.5 Å². The quantitative estimate of drug-likeness (QED) is 0.815. The monoisotopic (exact) mass is 236 g/mol. The van der Waals surface area contributed by atoms with Gasteiger partial charge in [0.25, 0.3) is 0 Å². The van der Waals surface area contributed by atoms with Crippen molar-refractivity contribution in [1.29, 1.82) is 0 Å². The normalized spacial score (nSPS) is 18.1. The molecular formula is C13H20N2O2. The van der Waals surface area contributed by atoms with Crippen molar-refractivity contribution in [3.05, 3.63) is 29.8 Å². The molecule has 1 heterocycles. The van der Waals surface area contributed by atoms with Gasteiger partial charge in [-0.1, -0.05) is 12.1 Å². The van der Waals surface area contributed by atoms with Crippen LogP contribution in [0.4, 0.5) is 5.69 Å². The van der Waals surface area contributed by atoms with Crippen molar-refractivity contribution in [1.82, 2.24) is 0 Å². The molecule has 3 N–H and O–H groups in total. The Hall–Kier alpha value is -1.10. The van der Waals surface area contributed by atoms with Gasteiger partial charge in [0.2, 0.25) is 0 Å². The smallest absolute Gasteiger partial charge is 0.0802 e. The van der Waals surface area contributed by atoms with E-state index in [1.54, 1.807) is 0 Å². The number of nitrogens with zero attached hydrogens (tertiary/aromatic N) is 1. The number of rotatable bonds is 4. The highest BCUT2D eigenvalue weighted by Crippen LogP contribution is 2.21. The van der Waals surface area contributed by atoms with Crippen LogP contribution in [0.3, 0.4) is 0 Å². The van der Waals surface area contributed by atoms with Gasteiger partial charge in [0, 0.05) is 18.8 Å². The highest BCUT2D eigenvalue weighted by atomic mass is 16.5. The fraction of sp³-hybridized carbons (Fsp3) is 0.538. The predicted octanol–water partition coefficient (Wildman–Crippen LogP) is 0.905. The van der Waals surface area contributed by atoms with Crippen LogP contribution in [0.1, 0.15) is 18.1 Å². The third-order valence-electron chi connectivity index (χ3n) is 3.09. The molecule has 4 heteroatoms. The Bertz CT molecular complexity index is 334. The molecule has 0 aliphatic carbocycles. The molecule has 94 valence electrons. The number of aliphatic hydroxyl groups excluding tert-OH is 1. The molecule has 1 saturated heterocycles. The third kappa shape index (κ3) is 3.19. The number of aliphatic hydroxyl groups is 1. The van der Waals surface area contributed by atoms with Gasteiger partial charge in [0.05, 0.1) is 19.3 Å². The Labute approximate surface area is 102 Å². The molecule has 0 spiro atoms. The lowest BCUT2D eigenvalue weighted by atomic mass is 10.1. The zero-order valence-corrected chi connectivity index (χ0v) is 10.0. The molecule has 0 unspecified atom stereocenters. The molecule has 0 aromatic heterocycles. The number of hydrogen-bond acceptors (Lipinski definition) is 4. The summed E-state index contributed by atoms with van der Waals surface area (Å²) in [6, 6.07) is 8.07. The van der Waals surface area contributed by atoms with Crippen molar-refractivity contribution < 1.29 is 9.84 Å². The first kappa shape index (κ1) is 12.4. The minimum atomic E-state index is -0.446. The Morgan fingerprint density at radius 2 is 1.88 bits per heavy atom. The van der Waals surface area contributed by atoms with Crippen LogP contribution in [0.5, 0.6) is 0 Å². The summed E-state index contributed by atoms with van der Waals surface area (Å²) in [5, 5.41) is 9.81. The van der Waals surface area contributed by atoms with Crippen LogP contribution in [0.15, 0.2) is 24.3 Å². The van der Waals surface area contributed by atoms with Crippen LogP contribution in [0.25, 0.3) is 0 Å². The maximum absolute atomic E-state index is 9.81. The first-order chi connectivity index (χ1) is 8.31. The molecule has 0 amide bonds.